The van der Waals surface area contributed by atoms with Crippen LogP contribution in [0.1, 0.15) is 55.4 Å². The Kier molecular flexibility index (Phi) is 5.58. The molecule has 1 aliphatic carbocycles. The Morgan fingerprint density at radius 3 is 2.72 bits per heavy atom. The fourth-order valence-electron chi connectivity index (χ4n) is 3.86. The van der Waals surface area contributed by atoms with Gasteiger partial charge in [-0.25, -0.2) is 13.2 Å². The molecule has 1 saturated carbocycles. The highest BCUT2D eigenvalue weighted by atomic mass is 19.2. The first-order valence-electron chi connectivity index (χ1n) is 9.99. The molecule has 1 aliphatic heterocycles. The SMILES string of the molecule is [NH3+]C(CC(=O)N1CCCC1c1nc(CC2CC2)no1)Cc1cc(F)c(F)cc1F. The summed E-state index contributed by atoms with van der Waals surface area (Å²) >= 11 is 0. The molecule has 2 aromatic rings. The van der Waals surface area contributed by atoms with Gasteiger partial charge in [-0.2, -0.15) is 4.98 Å². The van der Waals surface area contributed by atoms with Crippen molar-refractivity contribution in [2.24, 2.45) is 5.92 Å². The molecule has 0 bridgehead atoms. The lowest BCUT2D eigenvalue weighted by Crippen LogP contribution is -2.63. The van der Waals surface area contributed by atoms with Crippen LogP contribution in [-0.4, -0.2) is 33.5 Å². The standard InChI is InChI=1S/C20H23F3N4O2/c21-14-10-16(23)15(22)8-12(14)7-13(24)9-19(28)27-5-1-2-17(27)20-25-18(26-29-20)6-11-3-4-11/h8,10-11,13,17H,1-7,9,24H2/p+1. The highest BCUT2D eigenvalue weighted by Crippen LogP contribution is 2.34. The molecule has 156 valence electrons. The molecule has 0 spiro atoms. The highest BCUT2D eigenvalue weighted by Gasteiger charge is 2.35. The number of amides is 1. The maximum atomic E-state index is 13.9. The van der Waals surface area contributed by atoms with Crippen LogP contribution in [0, 0.1) is 23.4 Å². The number of quaternary nitrogens is 1. The van der Waals surface area contributed by atoms with Crippen LogP contribution in [0.3, 0.4) is 0 Å². The van der Waals surface area contributed by atoms with E-state index < -0.39 is 23.5 Å². The summed E-state index contributed by atoms with van der Waals surface area (Å²) in [6.45, 7) is 0.579. The number of nitrogens with zero attached hydrogens (tertiary/aromatic N) is 3. The number of rotatable bonds is 7. The smallest absolute Gasteiger partial charge is 0.249 e. The van der Waals surface area contributed by atoms with Crippen LogP contribution >= 0.6 is 0 Å². The molecule has 2 unspecified atom stereocenters. The van der Waals surface area contributed by atoms with Crippen LogP contribution in [0.5, 0.6) is 0 Å². The molecule has 1 saturated heterocycles. The summed E-state index contributed by atoms with van der Waals surface area (Å²) < 4.78 is 45.7. The van der Waals surface area contributed by atoms with Gasteiger partial charge in [-0.1, -0.05) is 5.16 Å². The third-order valence-electron chi connectivity index (χ3n) is 5.57. The molecule has 2 fully saturated rings. The summed E-state index contributed by atoms with van der Waals surface area (Å²) in [4.78, 5) is 19.0. The van der Waals surface area contributed by atoms with E-state index >= 15 is 0 Å². The van der Waals surface area contributed by atoms with Gasteiger partial charge in [0.05, 0.1) is 12.5 Å². The lowest BCUT2D eigenvalue weighted by Gasteiger charge is -2.22. The largest absolute Gasteiger partial charge is 0.354 e. The Balaban J connectivity index is 1.38. The van der Waals surface area contributed by atoms with Crippen molar-refractivity contribution < 1.29 is 28.2 Å². The predicted molar refractivity (Wildman–Crippen MR) is 95.7 cm³/mol. The zero-order chi connectivity index (χ0) is 20.5. The molecular weight excluding hydrogens is 385 g/mol. The van der Waals surface area contributed by atoms with Gasteiger partial charge in [0, 0.05) is 25.5 Å². The molecule has 9 heteroatoms. The van der Waals surface area contributed by atoms with Crippen molar-refractivity contribution in [3.8, 4) is 0 Å². The minimum atomic E-state index is -1.23. The van der Waals surface area contributed by atoms with Crippen molar-refractivity contribution in [2.45, 2.75) is 57.0 Å². The van der Waals surface area contributed by atoms with Crippen molar-refractivity contribution >= 4 is 5.91 Å². The van der Waals surface area contributed by atoms with E-state index in [1.165, 1.54) is 12.8 Å². The third kappa shape index (κ3) is 4.60. The zero-order valence-electron chi connectivity index (χ0n) is 16.0. The minimum Gasteiger partial charge on any atom is -0.354 e. The van der Waals surface area contributed by atoms with Crippen LogP contribution in [-0.2, 0) is 17.6 Å². The minimum absolute atomic E-state index is 0.0105. The van der Waals surface area contributed by atoms with Crippen LogP contribution in [0.4, 0.5) is 13.2 Å². The number of benzene rings is 1. The predicted octanol–water partition coefficient (Wildman–Crippen LogP) is 2.35. The molecule has 2 aliphatic rings. The van der Waals surface area contributed by atoms with Crippen molar-refractivity contribution in [3.63, 3.8) is 0 Å². The van der Waals surface area contributed by atoms with Crippen LogP contribution < -0.4 is 5.73 Å². The fourth-order valence-corrected chi connectivity index (χ4v) is 3.86. The van der Waals surface area contributed by atoms with Gasteiger partial charge < -0.3 is 15.2 Å². The molecule has 3 N–H and O–H groups in total. The monoisotopic (exact) mass is 409 g/mol. The van der Waals surface area contributed by atoms with E-state index in [4.69, 9.17) is 4.52 Å². The number of carbonyl (C=O) groups excluding carboxylic acids is 1. The van der Waals surface area contributed by atoms with E-state index in [-0.39, 0.29) is 30.4 Å². The van der Waals surface area contributed by atoms with Crippen molar-refractivity contribution in [2.75, 3.05) is 6.54 Å². The Bertz CT molecular complexity index is 900. The van der Waals surface area contributed by atoms with E-state index in [2.05, 4.69) is 15.9 Å². The molecule has 2 atom stereocenters. The Morgan fingerprint density at radius 1 is 1.21 bits per heavy atom. The molecule has 6 nitrogen and oxygen atoms in total. The molecule has 4 rings (SSSR count). The van der Waals surface area contributed by atoms with Crippen LogP contribution in [0.15, 0.2) is 16.7 Å². The summed E-state index contributed by atoms with van der Waals surface area (Å²) in [5.41, 5.74) is 3.91. The first-order chi connectivity index (χ1) is 13.9. The van der Waals surface area contributed by atoms with E-state index in [1.807, 2.05) is 0 Å². The lowest BCUT2D eigenvalue weighted by atomic mass is 10.0. The first-order valence-corrected chi connectivity index (χ1v) is 9.99. The molecule has 0 radical (unpaired) electrons. The van der Waals surface area contributed by atoms with Gasteiger partial charge >= 0.3 is 0 Å². The van der Waals surface area contributed by atoms with Gasteiger partial charge in [-0.05, 0) is 43.2 Å². The fraction of sp³-hybridized carbons (Fsp3) is 0.550. The maximum Gasteiger partial charge on any atom is 0.249 e. The number of likely N-dealkylation sites (tertiary alicyclic amines) is 1. The second-order valence-corrected chi connectivity index (χ2v) is 8.07. The summed E-state index contributed by atoms with van der Waals surface area (Å²) in [5.74, 6) is -1.54. The average Bonchev–Trinajstić information content (AvgIpc) is 3.15. The summed E-state index contributed by atoms with van der Waals surface area (Å²) in [5, 5.41) is 4.03. The Hall–Kier alpha value is -2.42. The molecule has 2 heterocycles. The Morgan fingerprint density at radius 2 is 1.97 bits per heavy atom. The van der Waals surface area contributed by atoms with E-state index in [0.717, 1.165) is 25.3 Å². The summed E-state index contributed by atoms with van der Waals surface area (Å²) in [6.07, 6.45) is 4.89. The van der Waals surface area contributed by atoms with Crippen molar-refractivity contribution in [3.05, 3.63) is 46.9 Å². The topological polar surface area (TPSA) is 86.9 Å². The number of hydrogen-bond donors (Lipinski definition) is 1. The second-order valence-electron chi connectivity index (χ2n) is 8.07. The number of carbonyl (C=O) groups is 1. The van der Waals surface area contributed by atoms with Crippen molar-refractivity contribution in [1.29, 1.82) is 0 Å². The van der Waals surface area contributed by atoms with Gasteiger partial charge in [0.15, 0.2) is 17.5 Å². The molecular formula is C20H24F3N4O2+. The van der Waals surface area contributed by atoms with E-state index in [0.29, 0.717) is 30.2 Å². The maximum absolute atomic E-state index is 13.9. The molecule has 1 aromatic heterocycles. The summed E-state index contributed by atoms with van der Waals surface area (Å²) in [6, 6.07) is 0.613. The van der Waals surface area contributed by atoms with Crippen molar-refractivity contribution in [1.82, 2.24) is 15.0 Å². The molecule has 1 amide bonds. The molecule has 29 heavy (non-hydrogen) atoms. The quantitative estimate of drug-likeness (QED) is 0.712. The first kappa shape index (κ1) is 19.9. The number of halogens is 3. The third-order valence-corrected chi connectivity index (χ3v) is 5.57. The van der Waals surface area contributed by atoms with Crippen LogP contribution in [0.2, 0.25) is 0 Å². The van der Waals surface area contributed by atoms with E-state index in [9.17, 15) is 18.0 Å². The normalized spacial score (nSPS) is 20.3. The van der Waals surface area contributed by atoms with Gasteiger partial charge in [0.2, 0.25) is 11.8 Å². The average molecular weight is 409 g/mol. The van der Waals surface area contributed by atoms with Gasteiger partial charge in [-0.3, -0.25) is 4.79 Å². The van der Waals surface area contributed by atoms with Crippen LogP contribution in [0.25, 0.3) is 0 Å². The van der Waals surface area contributed by atoms with E-state index in [1.54, 1.807) is 4.90 Å². The van der Waals surface area contributed by atoms with Gasteiger partial charge in [-0.15, -0.1) is 0 Å². The Labute approximate surface area is 166 Å². The summed E-state index contributed by atoms with van der Waals surface area (Å²) in [7, 11) is 0. The van der Waals surface area contributed by atoms with Gasteiger partial charge in [0.25, 0.3) is 0 Å². The second kappa shape index (κ2) is 8.14. The molecule has 1 aromatic carbocycles. The zero-order valence-corrected chi connectivity index (χ0v) is 16.0. The van der Waals surface area contributed by atoms with Gasteiger partial charge in [0.1, 0.15) is 11.9 Å². The number of aromatic nitrogens is 2. The highest BCUT2D eigenvalue weighted by molar-refractivity contribution is 5.77. The lowest BCUT2D eigenvalue weighted by molar-refractivity contribution is -0.418. The number of hydrogen-bond acceptors (Lipinski definition) is 4.